The van der Waals surface area contributed by atoms with Gasteiger partial charge in [0.15, 0.2) is 5.69 Å². The Hall–Kier alpha value is -1.85. The Morgan fingerprint density at radius 3 is 2.56 bits per heavy atom. The first-order chi connectivity index (χ1) is 8.30. The van der Waals surface area contributed by atoms with Gasteiger partial charge in [-0.3, -0.25) is 4.79 Å². The van der Waals surface area contributed by atoms with E-state index in [0.29, 0.717) is 25.3 Å². The topological polar surface area (TPSA) is 75.4 Å². The molecule has 1 aromatic rings. The molecule has 0 saturated heterocycles. The summed E-state index contributed by atoms with van der Waals surface area (Å²) in [5.74, 6) is -1.01. The van der Waals surface area contributed by atoms with Gasteiger partial charge in [-0.2, -0.15) is 0 Å². The molecule has 1 aromatic heterocycles. The third kappa shape index (κ3) is 2.10. The summed E-state index contributed by atoms with van der Waals surface area (Å²) >= 11 is 0. The van der Waals surface area contributed by atoms with E-state index in [0.717, 1.165) is 0 Å². The zero-order valence-electron chi connectivity index (χ0n) is 10.8. The van der Waals surface area contributed by atoms with Crippen molar-refractivity contribution < 1.29 is 14.7 Å². The Bertz CT molecular complexity index is 499. The molecular weight excluding hydrogens is 234 g/mol. The summed E-state index contributed by atoms with van der Waals surface area (Å²) in [6.45, 7) is 7.09. The minimum absolute atomic E-state index is 0.0336. The van der Waals surface area contributed by atoms with E-state index in [9.17, 15) is 9.59 Å². The SMILES string of the molecule is CC(C)(C)C(=O)N1CCn2cnc(C(=O)O)c2C1. The molecule has 2 rings (SSSR count). The Balaban J connectivity index is 2.26. The summed E-state index contributed by atoms with van der Waals surface area (Å²) < 4.78 is 1.80. The first kappa shape index (κ1) is 12.6. The molecule has 6 heteroatoms. The van der Waals surface area contributed by atoms with Gasteiger partial charge in [-0.25, -0.2) is 9.78 Å². The van der Waals surface area contributed by atoms with Gasteiger partial charge < -0.3 is 14.6 Å². The van der Waals surface area contributed by atoms with Gasteiger partial charge in [0.25, 0.3) is 0 Å². The highest BCUT2D eigenvalue weighted by molar-refractivity contribution is 5.87. The predicted octanol–water partition coefficient (Wildman–Crippen LogP) is 0.970. The Labute approximate surface area is 105 Å². The van der Waals surface area contributed by atoms with Crippen LogP contribution in [0.1, 0.15) is 37.0 Å². The number of hydrogen-bond donors (Lipinski definition) is 1. The second kappa shape index (κ2) is 4.12. The third-order valence-corrected chi connectivity index (χ3v) is 3.03. The molecular formula is C12H17N3O3. The summed E-state index contributed by atoms with van der Waals surface area (Å²) in [4.78, 5) is 28.8. The zero-order chi connectivity index (χ0) is 13.5. The Morgan fingerprint density at radius 2 is 2.00 bits per heavy atom. The summed E-state index contributed by atoms with van der Waals surface area (Å²) in [6, 6.07) is 0. The molecule has 0 atom stereocenters. The van der Waals surface area contributed by atoms with Crippen LogP contribution in [-0.4, -0.2) is 38.0 Å². The second-order valence-electron chi connectivity index (χ2n) is 5.52. The lowest BCUT2D eigenvalue weighted by atomic mass is 9.94. The number of nitrogens with zero attached hydrogens (tertiary/aromatic N) is 3. The van der Waals surface area contributed by atoms with Crippen molar-refractivity contribution in [2.45, 2.75) is 33.9 Å². The Morgan fingerprint density at radius 1 is 1.33 bits per heavy atom. The normalized spacial score (nSPS) is 15.4. The fraction of sp³-hybridized carbons (Fsp3) is 0.583. The van der Waals surface area contributed by atoms with Gasteiger partial charge in [0.1, 0.15) is 0 Å². The number of fused-ring (bicyclic) bond motifs is 1. The summed E-state index contributed by atoms with van der Waals surface area (Å²) in [6.07, 6.45) is 1.53. The number of carboxylic acid groups (broad SMARTS) is 1. The number of carbonyl (C=O) groups excluding carboxylic acids is 1. The third-order valence-electron chi connectivity index (χ3n) is 3.03. The number of amides is 1. The number of aromatic carboxylic acids is 1. The second-order valence-corrected chi connectivity index (χ2v) is 5.52. The van der Waals surface area contributed by atoms with E-state index in [-0.39, 0.29) is 11.6 Å². The average Bonchev–Trinajstić information content (AvgIpc) is 2.69. The number of aromatic nitrogens is 2. The van der Waals surface area contributed by atoms with Gasteiger partial charge in [-0.1, -0.05) is 20.8 Å². The minimum Gasteiger partial charge on any atom is -0.476 e. The molecule has 0 fully saturated rings. The molecule has 0 radical (unpaired) electrons. The van der Waals surface area contributed by atoms with Crippen molar-refractivity contribution in [2.75, 3.05) is 6.54 Å². The quantitative estimate of drug-likeness (QED) is 0.807. The molecule has 0 bridgehead atoms. The standard InChI is InChI=1S/C12H17N3O3/c1-12(2,3)11(18)14-4-5-15-7-13-9(10(16)17)8(15)6-14/h7H,4-6H2,1-3H3,(H,16,17). The Kier molecular flexibility index (Phi) is 2.88. The molecule has 1 aliphatic heterocycles. The molecule has 1 aliphatic rings. The predicted molar refractivity (Wildman–Crippen MR) is 64.1 cm³/mol. The van der Waals surface area contributed by atoms with Crippen LogP contribution in [0.25, 0.3) is 0 Å². The molecule has 6 nitrogen and oxygen atoms in total. The van der Waals surface area contributed by atoms with E-state index in [1.807, 2.05) is 20.8 Å². The van der Waals surface area contributed by atoms with Crippen LogP contribution in [0.3, 0.4) is 0 Å². The van der Waals surface area contributed by atoms with Gasteiger partial charge in [0.2, 0.25) is 5.91 Å². The summed E-state index contributed by atoms with van der Waals surface area (Å²) in [7, 11) is 0. The molecule has 1 amide bonds. The largest absolute Gasteiger partial charge is 0.476 e. The minimum atomic E-state index is -1.05. The lowest BCUT2D eigenvalue weighted by Gasteiger charge is -2.33. The van der Waals surface area contributed by atoms with Crippen molar-refractivity contribution in [3.8, 4) is 0 Å². The van der Waals surface area contributed by atoms with E-state index < -0.39 is 11.4 Å². The zero-order valence-corrected chi connectivity index (χ0v) is 10.8. The van der Waals surface area contributed by atoms with Gasteiger partial charge in [-0.05, 0) is 0 Å². The smallest absolute Gasteiger partial charge is 0.356 e. The van der Waals surface area contributed by atoms with Crippen LogP contribution in [0.2, 0.25) is 0 Å². The van der Waals surface area contributed by atoms with Gasteiger partial charge in [0, 0.05) is 18.5 Å². The molecule has 0 saturated carbocycles. The van der Waals surface area contributed by atoms with Crippen LogP contribution in [0.5, 0.6) is 0 Å². The maximum absolute atomic E-state index is 12.2. The average molecular weight is 251 g/mol. The van der Waals surface area contributed by atoms with Gasteiger partial charge in [-0.15, -0.1) is 0 Å². The van der Waals surface area contributed by atoms with Crippen molar-refractivity contribution in [3.05, 3.63) is 17.7 Å². The van der Waals surface area contributed by atoms with E-state index >= 15 is 0 Å². The van der Waals surface area contributed by atoms with Crippen molar-refractivity contribution in [1.29, 1.82) is 0 Å². The highest BCUT2D eigenvalue weighted by Crippen LogP contribution is 2.23. The molecule has 0 unspecified atom stereocenters. The molecule has 18 heavy (non-hydrogen) atoms. The summed E-state index contributed by atoms with van der Waals surface area (Å²) in [5.41, 5.74) is 0.193. The van der Waals surface area contributed by atoms with Crippen molar-refractivity contribution in [3.63, 3.8) is 0 Å². The highest BCUT2D eigenvalue weighted by Gasteiger charge is 2.31. The van der Waals surface area contributed by atoms with Crippen LogP contribution >= 0.6 is 0 Å². The first-order valence-corrected chi connectivity index (χ1v) is 5.87. The molecule has 0 aliphatic carbocycles. The van der Waals surface area contributed by atoms with E-state index in [1.165, 1.54) is 6.33 Å². The lowest BCUT2D eigenvalue weighted by Crippen LogP contribution is -2.44. The first-order valence-electron chi connectivity index (χ1n) is 5.87. The number of carbonyl (C=O) groups is 2. The van der Waals surface area contributed by atoms with Crippen LogP contribution < -0.4 is 0 Å². The van der Waals surface area contributed by atoms with Crippen LogP contribution in [0.15, 0.2) is 6.33 Å². The van der Waals surface area contributed by atoms with Crippen molar-refractivity contribution in [2.24, 2.45) is 5.41 Å². The van der Waals surface area contributed by atoms with Crippen LogP contribution in [0.4, 0.5) is 0 Å². The lowest BCUT2D eigenvalue weighted by molar-refractivity contribution is -0.141. The van der Waals surface area contributed by atoms with Crippen molar-refractivity contribution in [1.82, 2.24) is 14.5 Å². The van der Waals surface area contributed by atoms with Crippen LogP contribution in [-0.2, 0) is 17.9 Å². The maximum Gasteiger partial charge on any atom is 0.356 e. The van der Waals surface area contributed by atoms with E-state index in [2.05, 4.69) is 4.98 Å². The van der Waals surface area contributed by atoms with E-state index in [4.69, 9.17) is 5.11 Å². The monoisotopic (exact) mass is 251 g/mol. The number of rotatable bonds is 1. The molecule has 0 aromatic carbocycles. The highest BCUT2D eigenvalue weighted by atomic mass is 16.4. The van der Waals surface area contributed by atoms with Crippen molar-refractivity contribution >= 4 is 11.9 Å². The van der Waals surface area contributed by atoms with Crippen LogP contribution in [0, 0.1) is 5.41 Å². The molecule has 0 spiro atoms. The maximum atomic E-state index is 12.2. The molecule has 1 N–H and O–H groups in total. The fourth-order valence-corrected chi connectivity index (χ4v) is 2.08. The summed E-state index contributed by atoms with van der Waals surface area (Å²) in [5, 5.41) is 9.04. The number of carboxylic acids is 1. The van der Waals surface area contributed by atoms with Gasteiger partial charge in [0.05, 0.1) is 18.6 Å². The van der Waals surface area contributed by atoms with E-state index in [1.54, 1.807) is 9.47 Å². The molecule has 98 valence electrons. The molecule has 2 heterocycles. The number of hydrogen-bond acceptors (Lipinski definition) is 3. The number of imidazole rings is 1. The van der Waals surface area contributed by atoms with Gasteiger partial charge >= 0.3 is 5.97 Å². The fourth-order valence-electron chi connectivity index (χ4n) is 2.08.